The first-order chi connectivity index (χ1) is 20.2. The summed E-state index contributed by atoms with van der Waals surface area (Å²) in [6, 6.07) is 47.3. The van der Waals surface area contributed by atoms with Crippen LogP contribution in [0.4, 0.5) is 0 Å². The first kappa shape index (κ1) is 22.9. The topological polar surface area (TPSA) is 45.4 Å². The Labute approximate surface area is 237 Å². The fourth-order valence-corrected chi connectivity index (χ4v) is 7.65. The zero-order chi connectivity index (χ0) is 27.3. The molecular formula is C37H24BNO2. The molecular weight excluding hydrogens is 501 g/mol. The van der Waals surface area contributed by atoms with Gasteiger partial charge in [-0.1, -0.05) is 109 Å². The molecule has 1 aromatic heterocycles. The molecule has 3 nitrogen and oxygen atoms in total. The minimum atomic E-state index is -1.54. The van der Waals surface area contributed by atoms with E-state index in [9.17, 15) is 10.0 Å². The lowest BCUT2D eigenvalue weighted by atomic mass is 9.68. The second-order valence-electron chi connectivity index (χ2n) is 11.1. The van der Waals surface area contributed by atoms with Crippen molar-refractivity contribution in [3.05, 3.63) is 156 Å². The molecule has 1 heterocycles. The third-order valence-electron chi connectivity index (χ3n) is 9.23. The van der Waals surface area contributed by atoms with Crippen LogP contribution >= 0.6 is 0 Å². The van der Waals surface area contributed by atoms with E-state index in [1.54, 1.807) is 0 Å². The van der Waals surface area contributed by atoms with Gasteiger partial charge in [0.25, 0.3) is 0 Å². The van der Waals surface area contributed by atoms with Crippen LogP contribution in [0.1, 0.15) is 22.3 Å². The number of rotatable bonds is 2. The van der Waals surface area contributed by atoms with Crippen molar-refractivity contribution < 1.29 is 10.0 Å². The molecule has 0 radical (unpaired) electrons. The molecule has 6 aromatic carbocycles. The average Bonchev–Trinajstić information content (AvgIpc) is 3.62. The van der Waals surface area contributed by atoms with Crippen molar-refractivity contribution in [1.29, 1.82) is 0 Å². The smallest absolute Gasteiger partial charge is 0.423 e. The van der Waals surface area contributed by atoms with E-state index in [2.05, 4.69) is 126 Å². The highest BCUT2D eigenvalue weighted by molar-refractivity contribution is 6.58. The fraction of sp³-hybridized carbons (Fsp3) is 0.0270. The summed E-state index contributed by atoms with van der Waals surface area (Å²) >= 11 is 0. The van der Waals surface area contributed by atoms with E-state index in [1.165, 1.54) is 55.2 Å². The van der Waals surface area contributed by atoms with Crippen LogP contribution in [0.3, 0.4) is 0 Å². The number of para-hydroxylation sites is 2. The largest absolute Gasteiger partial charge is 0.488 e. The quantitative estimate of drug-likeness (QED) is 0.244. The van der Waals surface area contributed by atoms with E-state index < -0.39 is 12.5 Å². The Morgan fingerprint density at radius 2 is 0.951 bits per heavy atom. The van der Waals surface area contributed by atoms with Gasteiger partial charge in [0.1, 0.15) is 0 Å². The summed E-state index contributed by atoms with van der Waals surface area (Å²) in [7, 11) is -1.54. The van der Waals surface area contributed by atoms with Crippen LogP contribution in [-0.4, -0.2) is 21.7 Å². The average molecular weight is 525 g/mol. The highest BCUT2D eigenvalue weighted by atomic mass is 16.4. The Hall–Kier alpha value is -4.90. The molecule has 0 unspecified atom stereocenters. The molecule has 4 heteroatoms. The molecule has 0 bridgehead atoms. The van der Waals surface area contributed by atoms with Crippen molar-refractivity contribution in [2.75, 3.05) is 0 Å². The second kappa shape index (κ2) is 8.08. The maximum Gasteiger partial charge on any atom is 0.488 e. The number of hydrogen-bond acceptors (Lipinski definition) is 2. The molecule has 0 aliphatic heterocycles. The summed E-state index contributed by atoms with van der Waals surface area (Å²) in [6.45, 7) is 0. The van der Waals surface area contributed by atoms with E-state index in [-0.39, 0.29) is 0 Å². The molecule has 0 fully saturated rings. The molecule has 7 aromatic rings. The Kier molecular flexibility index (Phi) is 4.51. The minimum Gasteiger partial charge on any atom is -0.423 e. The van der Waals surface area contributed by atoms with Gasteiger partial charge in [-0.05, 0) is 74.2 Å². The van der Waals surface area contributed by atoms with Crippen molar-refractivity contribution in [3.63, 3.8) is 0 Å². The third kappa shape index (κ3) is 2.81. The van der Waals surface area contributed by atoms with E-state index in [1.807, 2.05) is 12.1 Å². The first-order valence-electron chi connectivity index (χ1n) is 14.0. The van der Waals surface area contributed by atoms with Gasteiger partial charge in [0, 0.05) is 16.5 Å². The van der Waals surface area contributed by atoms with Gasteiger partial charge in [0.05, 0.1) is 16.4 Å². The van der Waals surface area contributed by atoms with E-state index in [0.29, 0.717) is 5.46 Å². The molecule has 2 aliphatic carbocycles. The Morgan fingerprint density at radius 3 is 1.56 bits per heavy atom. The Balaban J connectivity index is 1.43. The van der Waals surface area contributed by atoms with E-state index in [4.69, 9.17) is 0 Å². The van der Waals surface area contributed by atoms with Gasteiger partial charge in [-0.3, -0.25) is 0 Å². The molecule has 9 rings (SSSR count). The standard InChI is InChI=1S/C37H24BNO2/c40-38(41)23-17-19-27-28-20-18-24(39-35-15-7-3-11-29(35)30-12-4-8-16-36(30)39)22-34(28)37(33(27)21-23)31-13-5-1-9-25(31)26-10-2-6-14-32(26)37/h1-22,40-41H. The van der Waals surface area contributed by atoms with Crippen molar-refractivity contribution in [3.8, 4) is 27.9 Å². The van der Waals surface area contributed by atoms with Crippen molar-refractivity contribution >= 4 is 34.4 Å². The van der Waals surface area contributed by atoms with Crippen LogP contribution < -0.4 is 5.46 Å². The highest BCUT2D eigenvalue weighted by Gasteiger charge is 2.52. The summed E-state index contributed by atoms with van der Waals surface area (Å²) in [5.74, 6) is 0. The van der Waals surface area contributed by atoms with Crippen molar-refractivity contribution in [2.24, 2.45) is 0 Å². The summed E-state index contributed by atoms with van der Waals surface area (Å²) in [5.41, 5.74) is 12.9. The molecule has 192 valence electrons. The van der Waals surface area contributed by atoms with Crippen LogP contribution in [0, 0.1) is 0 Å². The van der Waals surface area contributed by atoms with Gasteiger partial charge in [0.15, 0.2) is 0 Å². The molecule has 0 atom stereocenters. The lowest BCUT2D eigenvalue weighted by Gasteiger charge is -2.31. The predicted octanol–water partition coefficient (Wildman–Crippen LogP) is 6.81. The first-order valence-corrected chi connectivity index (χ1v) is 14.0. The van der Waals surface area contributed by atoms with Crippen LogP contribution in [0.15, 0.2) is 133 Å². The molecule has 1 spiro atoms. The van der Waals surface area contributed by atoms with Gasteiger partial charge >= 0.3 is 7.12 Å². The second-order valence-corrected chi connectivity index (χ2v) is 11.1. The summed E-state index contributed by atoms with van der Waals surface area (Å²) < 4.78 is 2.37. The van der Waals surface area contributed by atoms with Gasteiger partial charge in [0.2, 0.25) is 0 Å². The lowest BCUT2D eigenvalue weighted by Crippen LogP contribution is -2.33. The van der Waals surface area contributed by atoms with Crippen LogP contribution in [0.2, 0.25) is 0 Å². The molecule has 0 saturated heterocycles. The number of benzene rings is 6. The molecule has 0 saturated carbocycles. The molecule has 41 heavy (non-hydrogen) atoms. The van der Waals surface area contributed by atoms with Crippen LogP contribution in [0.5, 0.6) is 0 Å². The van der Waals surface area contributed by atoms with Crippen molar-refractivity contribution in [1.82, 2.24) is 4.57 Å². The summed E-state index contributed by atoms with van der Waals surface area (Å²) in [4.78, 5) is 0. The normalized spacial score (nSPS) is 13.8. The van der Waals surface area contributed by atoms with E-state index >= 15 is 0 Å². The highest BCUT2D eigenvalue weighted by Crippen LogP contribution is 2.62. The fourth-order valence-electron chi connectivity index (χ4n) is 7.65. The van der Waals surface area contributed by atoms with E-state index in [0.717, 1.165) is 16.8 Å². The maximum atomic E-state index is 10.2. The van der Waals surface area contributed by atoms with Crippen LogP contribution in [-0.2, 0) is 5.41 Å². The SMILES string of the molecule is OB(O)c1ccc2c(c1)C1(c3ccccc3-c3ccccc31)c1cc(-n3c4ccccc4c4ccccc43)ccc1-2. The Morgan fingerprint density at radius 1 is 0.463 bits per heavy atom. The number of aromatic nitrogens is 1. The summed E-state index contributed by atoms with van der Waals surface area (Å²) in [5, 5.41) is 22.9. The molecule has 2 N–H and O–H groups in total. The van der Waals surface area contributed by atoms with Crippen LogP contribution in [0.25, 0.3) is 49.7 Å². The zero-order valence-electron chi connectivity index (χ0n) is 22.1. The lowest BCUT2D eigenvalue weighted by molar-refractivity contribution is 0.425. The van der Waals surface area contributed by atoms with Gasteiger partial charge < -0.3 is 14.6 Å². The maximum absolute atomic E-state index is 10.2. The van der Waals surface area contributed by atoms with Gasteiger partial charge in [-0.15, -0.1) is 0 Å². The summed E-state index contributed by atoms with van der Waals surface area (Å²) in [6.07, 6.45) is 0. The Bertz CT molecular complexity index is 2110. The minimum absolute atomic E-state index is 0.500. The monoisotopic (exact) mass is 525 g/mol. The number of hydrogen-bond donors (Lipinski definition) is 2. The number of nitrogens with zero attached hydrogens (tertiary/aromatic N) is 1. The molecule has 0 amide bonds. The van der Waals surface area contributed by atoms with Gasteiger partial charge in [-0.25, -0.2) is 0 Å². The van der Waals surface area contributed by atoms with Gasteiger partial charge in [-0.2, -0.15) is 0 Å². The molecule has 2 aliphatic rings. The predicted molar refractivity (Wildman–Crippen MR) is 167 cm³/mol. The van der Waals surface area contributed by atoms with Crippen molar-refractivity contribution in [2.45, 2.75) is 5.41 Å². The number of fused-ring (bicyclic) bond motifs is 13. The third-order valence-corrected chi connectivity index (χ3v) is 9.23. The zero-order valence-corrected chi connectivity index (χ0v) is 22.1.